The lowest BCUT2D eigenvalue weighted by Gasteiger charge is -2.25. The smallest absolute Gasteiger partial charge is 0.326 e. The van der Waals surface area contributed by atoms with Gasteiger partial charge in [-0.25, -0.2) is 9.78 Å². The standard InChI is InChI=1S/C21H37N7O5/c1-12(2)8-17(21(32)33)28-19(30)15(6-4-5-7-22)26-20(31)16(27-18(29)13(3)23)9-14-10-24-11-25-14/h10-13,15-17H,4-9,22-23H2,1-3H3,(H,24,25)(H,26,31)(H,27,29)(H,28,30)(H,32,33). The van der Waals surface area contributed by atoms with Crippen molar-refractivity contribution in [3.63, 3.8) is 0 Å². The number of nitrogens with one attached hydrogen (secondary N) is 4. The molecule has 1 heterocycles. The highest BCUT2D eigenvalue weighted by Gasteiger charge is 2.30. The number of aliphatic carboxylic acids is 1. The van der Waals surface area contributed by atoms with Crippen LogP contribution in [0.25, 0.3) is 0 Å². The molecular formula is C21H37N7O5. The Morgan fingerprint density at radius 2 is 1.61 bits per heavy atom. The Kier molecular flexibility index (Phi) is 12.1. The Bertz CT molecular complexity index is 767. The zero-order chi connectivity index (χ0) is 25.0. The molecule has 12 heteroatoms. The predicted molar refractivity (Wildman–Crippen MR) is 122 cm³/mol. The van der Waals surface area contributed by atoms with Gasteiger partial charge in [0.2, 0.25) is 17.7 Å². The zero-order valence-electron chi connectivity index (χ0n) is 19.5. The third kappa shape index (κ3) is 10.4. The number of carbonyl (C=O) groups is 4. The third-order valence-electron chi connectivity index (χ3n) is 4.93. The average Bonchev–Trinajstić information content (AvgIpc) is 3.24. The Labute approximate surface area is 193 Å². The molecule has 33 heavy (non-hydrogen) atoms. The summed E-state index contributed by atoms with van der Waals surface area (Å²) in [5.41, 5.74) is 11.8. The van der Waals surface area contributed by atoms with E-state index in [4.69, 9.17) is 11.5 Å². The first kappa shape index (κ1) is 28.0. The van der Waals surface area contributed by atoms with Crippen LogP contribution in [0.3, 0.4) is 0 Å². The molecule has 0 saturated carbocycles. The molecule has 186 valence electrons. The fourth-order valence-corrected chi connectivity index (χ4v) is 3.13. The van der Waals surface area contributed by atoms with E-state index >= 15 is 0 Å². The van der Waals surface area contributed by atoms with E-state index < -0.39 is 47.9 Å². The third-order valence-corrected chi connectivity index (χ3v) is 4.93. The number of amides is 3. The van der Waals surface area contributed by atoms with Gasteiger partial charge in [-0.05, 0) is 45.1 Å². The first-order valence-electron chi connectivity index (χ1n) is 11.1. The average molecular weight is 468 g/mol. The highest BCUT2D eigenvalue weighted by Crippen LogP contribution is 2.08. The number of nitrogens with zero attached hydrogens (tertiary/aromatic N) is 1. The quantitative estimate of drug-likeness (QED) is 0.159. The first-order valence-corrected chi connectivity index (χ1v) is 11.1. The van der Waals surface area contributed by atoms with E-state index in [1.165, 1.54) is 19.4 Å². The van der Waals surface area contributed by atoms with E-state index in [1.54, 1.807) is 0 Å². The molecular weight excluding hydrogens is 430 g/mol. The molecule has 0 aromatic carbocycles. The van der Waals surface area contributed by atoms with Crippen LogP contribution in [0.4, 0.5) is 0 Å². The van der Waals surface area contributed by atoms with Crippen molar-refractivity contribution in [2.24, 2.45) is 17.4 Å². The van der Waals surface area contributed by atoms with Crippen molar-refractivity contribution in [2.75, 3.05) is 6.54 Å². The molecule has 1 aromatic heterocycles. The van der Waals surface area contributed by atoms with Gasteiger partial charge in [0.05, 0.1) is 12.4 Å². The largest absolute Gasteiger partial charge is 0.480 e. The van der Waals surface area contributed by atoms with Crippen LogP contribution in [0.5, 0.6) is 0 Å². The SMILES string of the molecule is CC(C)CC(NC(=O)C(CCCCN)NC(=O)C(Cc1cnc[nH]1)NC(=O)C(C)N)C(=O)O. The van der Waals surface area contributed by atoms with E-state index in [2.05, 4.69) is 25.9 Å². The number of hydrogen-bond donors (Lipinski definition) is 7. The van der Waals surface area contributed by atoms with Gasteiger partial charge < -0.3 is 37.5 Å². The lowest BCUT2D eigenvalue weighted by atomic mass is 10.0. The van der Waals surface area contributed by atoms with Crippen molar-refractivity contribution >= 4 is 23.7 Å². The molecule has 1 rings (SSSR count). The molecule has 12 nitrogen and oxygen atoms in total. The van der Waals surface area contributed by atoms with Gasteiger partial charge in [-0.15, -0.1) is 0 Å². The second kappa shape index (κ2) is 14.2. The molecule has 1 aromatic rings. The molecule has 0 aliphatic heterocycles. The monoisotopic (exact) mass is 467 g/mol. The van der Waals surface area contributed by atoms with Crippen LogP contribution in [0.15, 0.2) is 12.5 Å². The van der Waals surface area contributed by atoms with Gasteiger partial charge in [0.15, 0.2) is 0 Å². The maximum absolute atomic E-state index is 13.1. The number of unbranched alkanes of at least 4 members (excludes halogenated alkanes) is 1. The van der Waals surface area contributed by atoms with Crippen molar-refractivity contribution in [3.8, 4) is 0 Å². The Balaban J connectivity index is 3.00. The number of H-pyrrole nitrogens is 1. The maximum atomic E-state index is 13.1. The van der Waals surface area contributed by atoms with Gasteiger partial charge in [-0.1, -0.05) is 13.8 Å². The summed E-state index contributed by atoms with van der Waals surface area (Å²) >= 11 is 0. The zero-order valence-corrected chi connectivity index (χ0v) is 19.5. The van der Waals surface area contributed by atoms with Crippen LogP contribution >= 0.6 is 0 Å². The second-order valence-corrected chi connectivity index (χ2v) is 8.51. The summed E-state index contributed by atoms with van der Waals surface area (Å²) in [6.45, 7) is 5.61. The molecule has 3 amide bonds. The molecule has 0 fully saturated rings. The number of aromatic nitrogens is 2. The van der Waals surface area contributed by atoms with Gasteiger partial charge in [0, 0.05) is 18.3 Å². The van der Waals surface area contributed by atoms with Crippen molar-refractivity contribution in [2.45, 2.75) is 77.0 Å². The molecule has 9 N–H and O–H groups in total. The van der Waals surface area contributed by atoms with E-state index in [9.17, 15) is 24.3 Å². The Morgan fingerprint density at radius 1 is 1.00 bits per heavy atom. The minimum atomic E-state index is -1.15. The molecule has 4 atom stereocenters. The van der Waals surface area contributed by atoms with Crippen molar-refractivity contribution in [1.29, 1.82) is 0 Å². The fraction of sp³-hybridized carbons (Fsp3) is 0.667. The second-order valence-electron chi connectivity index (χ2n) is 8.51. The number of nitrogens with two attached hydrogens (primary N) is 2. The number of imidazole rings is 1. The molecule has 0 radical (unpaired) electrons. The molecule has 0 bridgehead atoms. The normalized spacial score (nSPS) is 14.7. The molecule has 0 spiro atoms. The number of carboxylic acid groups (broad SMARTS) is 1. The summed E-state index contributed by atoms with van der Waals surface area (Å²) in [4.78, 5) is 56.4. The van der Waals surface area contributed by atoms with E-state index in [0.717, 1.165) is 0 Å². The number of aromatic amines is 1. The summed E-state index contributed by atoms with van der Waals surface area (Å²) in [6.07, 6.45) is 4.76. The molecule has 4 unspecified atom stereocenters. The van der Waals surface area contributed by atoms with Crippen LogP contribution in [-0.2, 0) is 25.6 Å². The van der Waals surface area contributed by atoms with Crippen LogP contribution in [0.1, 0.15) is 52.1 Å². The molecule has 0 aliphatic rings. The number of carboxylic acids is 1. The van der Waals surface area contributed by atoms with Crippen LogP contribution < -0.4 is 27.4 Å². The van der Waals surface area contributed by atoms with E-state index in [1.807, 2.05) is 13.8 Å². The summed E-state index contributed by atoms with van der Waals surface area (Å²) in [6, 6.07) is -3.92. The van der Waals surface area contributed by atoms with E-state index in [-0.39, 0.29) is 25.2 Å². The van der Waals surface area contributed by atoms with Crippen molar-refractivity contribution in [1.82, 2.24) is 25.9 Å². The minimum Gasteiger partial charge on any atom is -0.480 e. The fourth-order valence-electron chi connectivity index (χ4n) is 3.13. The lowest BCUT2D eigenvalue weighted by molar-refractivity contribution is -0.142. The topological polar surface area (TPSA) is 205 Å². The van der Waals surface area contributed by atoms with E-state index in [0.29, 0.717) is 25.1 Å². The number of carbonyl (C=O) groups excluding carboxylic acids is 3. The highest BCUT2D eigenvalue weighted by atomic mass is 16.4. The number of hydrogen-bond acceptors (Lipinski definition) is 7. The summed E-state index contributed by atoms with van der Waals surface area (Å²) < 4.78 is 0. The maximum Gasteiger partial charge on any atom is 0.326 e. The highest BCUT2D eigenvalue weighted by molar-refractivity contribution is 5.94. The van der Waals surface area contributed by atoms with Crippen LogP contribution in [-0.4, -0.2) is 69.5 Å². The van der Waals surface area contributed by atoms with Gasteiger partial charge in [-0.2, -0.15) is 0 Å². The molecule has 0 saturated heterocycles. The minimum absolute atomic E-state index is 0.0453. The Morgan fingerprint density at radius 3 is 2.12 bits per heavy atom. The van der Waals surface area contributed by atoms with Crippen LogP contribution in [0.2, 0.25) is 0 Å². The van der Waals surface area contributed by atoms with Gasteiger partial charge in [0.1, 0.15) is 18.1 Å². The van der Waals surface area contributed by atoms with Crippen molar-refractivity contribution in [3.05, 3.63) is 18.2 Å². The molecule has 0 aliphatic carbocycles. The first-order chi connectivity index (χ1) is 15.5. The predicted octanol–water partition coefficient (Wildman–Crippen LogP) is -0.986. The van der Waals surface area contributed by atoms with Gasteiger partial charge in [0.25, 0.3) is 0 Å². The summed E-state index contributed by atoms with van der Waals surface area (Å²) in [7, 11) is 0. The van der Waals surface area contributed by atoms with Crippen molar-refractivity contribution < 1.29 is 24.3 Å². The van der Waals surface area contributed by atoms with Crippen LogP contribution in [0, 0.1) is 5.92 Å². The van der Waals surface area contributed by atoms with Gasteiger partial charge in [-0.3, -0.25) is 14.4 Å². The van der Waals surface area contributed by atoms with Gasteiger partial charge >= 0.3 is 5.97 Å². The number of rotatable bonds is 15. The summed E-state index contributed by atoms with van der Waals surface area (Å²) in [5.74, 6) is -2.83. The lowest BCUT2D eigenvalue weighted by Crippen LogP contribution is -2.57. The summed E-state index contributed by atoms with van der Waals surface area (Å²) in [5, 5.41) is 17.2. The Hall–Kier alpha value is -2.99.